The van der Waals surface area contributed by atoms with Gasteiger partial charge >= 0.3 is 0 Å². The standard InChI is InChI=1S/C21H26N4O4/c1-16-3-2-4-17(11-16)28-14-21(26)25-6-5-18(13-25)29-20-12-19(22-15-23-20)24-7-9-27-10-8-24/h2-4,11-12,15,18H,5-10,13-14H2,1H3. The smallest absolute Gasteiger partial charge is 0.260 e. The van der Waals surface area contributed by atoms with Crippen molar-refractivity contribution in [2.24, 2.45) is 0 Å². The third kappa shape index (κ3) is 5.14. The van der Waals surface area contributed by atoms with Gasteiger partial charge < -0.3 is 24.0 Å². The van der Waals surface area contributed by atoms with Crippen LogP contribution in [0.3, 0.4) is 0 Å². The molecule has 1 aromatic heterocycles. The zero-order chi connectivity index (χ0) is 20.1. The fourth-order valence-electron chi connectivity index (χ4n) is 3.52. The molecular formula is C21H26N4O4. The van der Waals surface area contributed by atoms with Gasteiger partial charge in [0.1, 0.15) is 24.0 Å². The number of hydrogen-bond donors (Lipinski definition) is 0. The van der Waals surface area contributed by atoms with E-state index in [1.165, 1.54) is 6.33 Å². The lowest BCUT2D eigenvalue weighted by Crippen LogP contribution is -2.36. The minimum absolute atomic E-state index is 0.0326. The molecule has 0 bridgehead atoms. The Kier molecular flexibility index (Phi) is 6.09. The number of anilines is 1. The molecule has 2 fully saturated rings. The summed E-state index contributed by atoms with van der Waals surface area (Å²) >= 11 is 0. The van der Waals surface area contributed by atoms with Crippen molar-refractivity contribution in [1.82, 2.24) is 14.9 Å². The third-order valence-corrected chi connectivity index (χ3v) is 5.10. The van der Waals surface area contributed by atoms with Gasteiger partial charge in [-0.05, 0) is 24.6 Å². The molecule has 2 aliphatic heterocycles. The number of ether oxygens (including phenoxy) is 3. The summed E-state index contributed by atoms with van der Waals surface area (Å²) in [6.45, 7) is 6.23. The average Bonchev–Trinajstić information content (AvgIpc) is 3.21. The van der Waals surface area contributed by atoms with Gasteiger partial charge in [-0.2, -0.15) is 0 Å². The molecule has 1 aromatic carbocycles. The van der Waals surface area contributed by atoms with Gasteiger partial charge in [-0.15, -0.1) is 0 Å². The van der Waals surface area contributed by atoms with Crippen LogP contribution in [0.25, 0.3) is 0 Å². The Morgan fingerprint density at radius 3 is 2.90 bits per heavy atom. The first-order valence-corrected chi connectivity index (χ1v) is 9.96. The van der Waals surface area contributed by atoms with Gasteiger partial charge in [0, 0.05) is 32.1 Å². The monoisotopic (exact) mass is 398 g/mol. The maximum Gasteiger partial charge on any atom is 0.260 e. The molecule has 1 atom stereocenters. The maximum absolute atomic E-state index is 12.5. The van der Waals surface area contributed by atoms with Crippen LogP contribution in [0.1, 0.15) is 12.0 Å². The van der Waals surface area contributed by atoms with Gasteiger partial charge in [-0.3, -0.25) is 4.79 Å². The van der Waals surface area contributed by atoms with Crippen LogP contribution < -0.4 is 14.4 Å². The number of likely N-dealkylation sites (tertiary alicyclic amines) is 1. The first kappa shape index (κ1) is 19.4. The topological polar surface area (TPSA) is 77.0 Å². The van der Waals surface area contributed by atoms with E-state index in [1.54, 1.807) is 4.90 Å². The van der Waals surface area contributed by atoms with Crippen molar-refractivity contribution in [2.45, 2.75) is 19.4 Å². The SMILES string of the molecule is Cc1cccc(OCC(=O)N2CCC(Oc3cc(N4CCOCC4)ncn3)C2)c1. The third-order valence-electron chi connectivity index (χ3n) is 5.10. The first-order chi connectivity index (χ1) is 14.2. The number of aryl methyl sites for hydroxylation is 1. The second kappa shape index (κ2) is 9.09. The molecule has 1 unspecified atom stereocenters. The van der Waals surface area contributed by atoms with Gasteiger partial charge in [0.15, 0.2) is 6.61 Å². The molecule has 3 heterocycles. The van der Waals surface area contributed by atoms with Gasteiger partial charge in [0.2, 0.25) is 5.88 Å². The maximum atomic E-state index is 12.5. The number of carbonyl (C=O) groups excluding carboxylic acids is 1. The quantitative estimate of drug-likeness (QED) is 0.733. The van der Waals surface area contributed by atoms with Crippen LogP contribution >= 0.6 is 0 Å². The van der Waals surface area contributed by atoms with Crippen LogP contribution in [-0.4, -0.2) is 72.9 Å². The molecule has 4 rings (SSSR count). The molecule has 8 heteroatoms. The van der Waals surface area contributed by atoms with Gasteiger partial charge in [-0.1, -0.05) is 12.1 Å². The summed E-state index contributed by atoms with van der Waals surface area (Å²) in [4.78, 5) is 25.0. The van der Waals surface area contributed by atoms with Gasteiger partial charge in [-0.25, -0.2) is 9.97 Å². The summed E-state index contributed by atoms with van der Waals surface area (Å²) in [5.41, 5.74) is 1.10. The Bertz CT molecular complexity index is 841. The summed E-state index contributed by atoms with van der Waals surface area (Å²) in [6.07, 6.45) is 2.21. The van der Waals surface area contributed by atoms with E-state index in [2.05, 4.69) is 14.9 Å². The van der Waals surface area contributed by atoms with Crippen molar-refractivity contribution in [1.29, 1.82) is 0 Å². The molecule has 2 saturated heterocycles. The number of hydrogen-bond acceptors (Lipinski definition) is 7. The minimum Gasteiger partial charge on any atom is -0.484 e. The summed E-state index contributed by atoms with van der Waals surface area (Å²) in [6, 6.07) is 9.55. The van der Waals surface area contributed by atoms with E-state index in [9.17, 15) is 4.79 Å². The van der Waals surface area contributed by atoms with Crippen molar-refractivity contribution in [3.05, 3.63) is 42.2 Å². The fourth-order valence-corrected chi connectivity index (χ4v) is 3.52. The highest BCUT2D eigenvalue weighted by Crippen LogP contribution is 2.21. The van der Waals surface area contributed by atoms with Gasteiger partial charge in [0.05, 0.1) is 19.8 Å². The average molecular weight is 398 g/mol. The predicted molar refractivity (Wildman–Crippen MR) is 107 cm³/mol. The number of morpholine rings is 1. The Morgan fingerprint density at radius 2 is 2.07 bits per heavy atom. The van der Waals surface area contributed by atoms with E-state index in [-0.39, 0.29) is 18.6 Å². The molecule has 8 nitrogen and oxygen atoms in total. The molecule has 1 amide bonds. The van der Waals surface area contributed by atoms with Crippen molar-refractivity contribution in [3.63, 3.8) is 0 Å². The van der Waals surface area contributed by atoms with Crippen molar-refractivity contribution < 1.29 is 19.0 Å². The van der Waals surface area contributed by atoms with E-state index < -0.39 is 0 Å². The van der Waals surface area contributed by atoms with Crippen LogP contribution in [0.5, 0.6) is 11.6 Å². The van der Waals surface area contributed by atoms with Crippen molar-refractivity contribution >= 4 is 11.7 Å². The Hall–Kier alpha value is -2.87. The first-order valence-electron chi connectivity index (χ1n) is 9.96. The largest absolute Gasteiger partial charge is 0.484 e. The van der Waals surface area contributed by atoms with E-state index in [0.717, 1.165) is 30.9 Å². The van der Waals surface area contributed by atoms with E-state index in [0.29, 0.717) is 37.9 Å². The molecule has 154 valence electrons. The number of benzene rings is 1. The zero-order valence-corrected chi connectivity index (χ0v) is 16.6. The molecule has 0 radical (unpaired) electrons. The van der Waals surface area contributed by atoms with Crippen LogP contribution in [0.15, 0.2) is 36.7 Å². The zero-order valence-electron chi connectivity index (χ0n) is 16.6. The van der Waals surface area contributed by atoms with Crippen LogP contribution in [0, 0.1) is 6.92 Å². The number of nitrogens with zero attached hydrogens (tertiary/aromatic N) is 4. The highest BCUT2D eigenvalue weighted by atomic mass is 16.5. The van der Waals surface area contributed by atoms with Crippen LogP contribution in [0.4, 0.5) is 5.82 Å². The predicted octanol–water partition coefficient (Wildman–Crippen LogP) is 1.68. The van der Waals surface area contributed by atoms with Crippen LogP contribution in [-0.2, 0) is 9.53 Å². The minimum atomic E-state index is -0.0784. The Balaban J connectivity index is 1.28. The van der Waals surface area contributed by atoms with Crippen LogP contribution in [0.2, 0.25) is 0 Å². The molecule has 0 spiro atoms. The van der Waals surface area contributed by atoms with Crippen molar-refractivity contribution in [3.8, 4) is 11.6 Å². The summed E-state index contributed by atoms with van der Waals surface area (Å²) < 4.78 is 17.0. The fraction of sp³-hybridized carbons (Fsp3) is 0.476. The second-order valence-corrected chi connectivity index (χ2v) is 7.29. The number of amides is 1. The lowest BCUT2D eigenvalue weighted by atomic mass is 10.2. The van der Waals surface area contributed by atoms with E-state index in [4.69, 9.17) is 14.2 Å². The summed E-state index contributed by atoms with van der Waals surface area (Å²) in [5.74, 6) is 2.06. The Labute approximate surface area is 170 Å². The number of carbonyl (C=O) groups is 1. The molecule has 2 aromatic rings. The number of rotatable bonds is 6. The highest BCUT2D eigenvalue weighted by molar-refractivity contribution is 5.78. The van der Waals surface area contributed by atoms with E-state index in [1.807, 2.05) is 37.3 Å². The Morgan fingerprint density at radius 1 is 1.21 bits per heavy atom. The number of aromatic nitrogens is 2. The molecule has 0 aliphatic carbocycles. The lowest BCUT2D eigenvalue weighted by Gasteiger charge is -2.27. The second-order valence-electron chi connectivity index (χ2n) is 7.29. The lowest BCUT2D eigenvalue weighted by molar-refractivity contribution is -0.132. The molecule has 2 aliphatic rings. The summed E-state index contributed by atoms with van der Waals surface area (Å²) in [7, 11) is 0. The van der Waals surface area contributed by atoms with E-state index >= 15 is 0 Å². The van der Waals surface area contributed by atoms with Gasteiger partial charge in [0.25, 0.3) is 5.91 Å². The highest BCUT2D eigenvalue weighted by Gasteiger charge is 2.28. The summed E-state index contributed by atoms with van der Waals surface area (Å²) in [5, 5.41) is 0. The van der Waals surface area contributed by atoms with Crippen molar-refractivity contribution in [2.75, 3.05) is 50.9 Å². The molecule has 0 N–H and O–H groups in total. The normalized spacial score (nSPS) is 19.3. The molecular weight excluding hydrogens is 372 g/mol. The molecule has 29 heavy (non-hydrogen) atoms. The molecule has 0 saturated carbocycles.